The van der Waals surface area contributed by atoms with Crippen LogP contribution in [0.25, 0.3) is 0 Å². The number of rotatable bonds is 2. The molecule has 1 unspecified atom stereocenters. The molecule has 0 bridgehead atoms. The largest absolute Gasteiger partial charge is 0.465 e. The van der Waals surface area contributed by atoms with Gasteiger partial charge in [-0.1, -0.05) is 41.5 Å². The van der Waals surface area contributed by atoms with Gasteiger partial charge in [-0.15, -0.1) is 11.3 Å². The molecule has 0 saturated carbocycles. The highest BCUT2D eigenvalue weighted by atomic mass is 32.1. The van der Waals surface area contributed by atoms with E-state index in [1.807, 2.05) is 20.8 Å². The van der Waals surface area contributed by atoms with Crippen LogP contribution in [0.15, 0.2) is 0 Å². The quantitative estimate of drug-likeness (QED) is 0.553. The van der Waals surface area contributed by atoms with Gasteiger partial charge in [-0.3, -0.25) is 4.79 Å². The molecule has 5 nitrogen and oxygen atoms in total. The summed E-state index contributed by atoms with van der Waals surface area (Å²) in [6.45, 7) is 12.2. The van der Waals surface area contributed by atoms with Crippen molar-refractivity contribution in [2.24, 2.45) is 16.7 Å². The maximum Gasteiger partial charge on any atom is 0.341 e. The normalized spacial score (nSPS) is 17.1. The van der Waals surface area contributed by atoms with Crippen LogP contribution in [-0.4, -0.2) is 24.1 Å². The van der Waals surface area contributed by atoms with Gasteiger partial charge in [0.05, 0.1) is 12.7 Å². The van der Waals surface area contributed by atoms with Gasteiger partial charge in [0.2, 0.25) is 5.91 Å². The minimum absolute atomic E-state index is 0.172. The fourth-order valence-electron chi connectivity index (χ4n) is 3.16. The van der Waals surface area contributed by atoms with Crippen molar-refractivity contribution < 1.29 is 14.3 Å². The Kier molecular flexibility index (Phi) is 6.37. The molecular formula is C20H30N2O3S2. The molecule has 7 heteroatoms. The Bertz CT molecular complexity index is 755. The summed E-state index contributed by atoms with van der Waals surface area (Å²) in [6.07, 6.45) is 2.83. The van der Waals surface area contributed by atoms with Crippen molar-refractivity contribution in [2.75, 3.05) is 12.4 Å². The molecule has 1 amide bonds. The molecule has 150 valence electrons. The lowest BCUT2D eigenvalue weighted by atomic mass is 9.72. The highest BCUT2D eigenvalue weighted by molar-refractivity contribution is 7.80. The van der Waals surface area contributed by atoms with Crippen molar-refractivity contribution >= 4 is 45.5 Å². The van der Waals surface area contributed by atoms with Crippen LogP contribution < -0.4 is 10.6 Å². The Morgan fingerprint density at radius 3 is 2.33 bits per heavy atom. The Morgan fingerprint density at radius 2 is 1.81 bits per heavy atom. The van der Waals surface area contributed by atoms with E-state index >= 15 is 0 Å². The van der Waals surface area contributed by atoms with Gasteiger partial charge in [-0.2, -0.15) is 0 Å². The minimum Gasteiger partial charge on any atom is -0.465 e. The van der Waals surface area contributed by atoms with Crippen molar-refractivity contribution in [1.82, 2.24) is 5.32 Å². The standard InChI is InChI=1S/C20H30N2O3S2/c1-19(2,3)11-8-9-12-13(10-11)27-15(14(12)16(23)25-7)21-18(26)22-17(24)20(4,5)6/h11H,8-10H2,1-7H3,(H2,21,22,24,26). The second-order valence-corrected chi connectivity index (χ2v) is 10.7. The number of ether oxygens (including phenoxy) is 1. The van der Waals surface area contributed by atoms with Gasteiger partial charge in [0.1, 0.15) is 5.00 Å². The number of thiocarbonyl (C=S) groups is 1. The number of anilines is 1. The summed E-state index contributed by atoms with van der Waals surface area (Å²) in [5, 5.41) is 6.61. The molecule has 1 aromatic rings. The summed E-state index contributed by atoms with van der Waals surface area (Å²) in [4.78, 5) is 25.8. The summed E-state index contributed by atoms with van der Waals surface area (Å²) < 4.78 is 5.01. The molecule has 1 aliphatic rings. The van der Waals surface area contributed by atoms with E-state index in [1.165, 1.54) is 23.3 Å². The Labute approximate surface area is 171 Å². The highest BCUT2D eigenvalue weighted by Gasteiger charge is 2.34. The second-order valence-electron chi connectivity index (χ2n) is 9.16. The number of thiophene rings is 1. The van der Waals surface area contributed by atoms with Gasteiger partial charge in [0.25, 0.3) is 0 Å². The summed E-state index contributed by atoms with van der Waals surface area (Å²) >= 11 is 6.84. The van der Waals surface area contributed by atoms with Crippen molar-refractivity contribution in [1.29, 1.82) is 0 Å². The first-order valence-corrected chi connectivity index (χ1v) is 10.4. The Hall–Kier alpha value is -1.47. The van der Waals surface area contributed by atoms with Crippen LogP contribution in [0.1, 0.15) is 68.8 Å². The molecule has 0 aromatic carbocycles. The molecule has 1 aliphatic carbocycles. The topological polar surface area (TPSA) is 67.4 Å². The van der Waals surface area contributed by atoms with Gasteiger partial charge < -0.3 is 15.4 Å². The zero-order valence-corrected chi connectivity index (χ0v) is 18.9. The first-order valence-electron chi connectivity index (χ1n) is 9.20. The zero-order chi connectivity index (χ0) is 20.6. The lowest BCUT2D eigenvalue weighted by Crippen LogP contribution is -2.41. The van der Waals surface area contributed by atoms with E-state index in [4.69, 9.17) is 17.0 Å². The molecule has 0 radical (unpaired) electrons. The van der Waals surface area contributed by atoms with Gasteiger partial charge in [-0.05, 0) is 48.4 Å². The Balaban J connectivity index is 2.29. The van der Waals surface area contributed by atoms with E-state index in [1.54, 1.807) is 0 Å². The summed E-state index contributed by atoms with van der Waals surface area (Å²) in [6, 6.07) is 0. The first kappa shape index (κ1) is 21.8. The third kappa shape index (κ3) is 5.08. The Morgan fingerprint density at radius 1 is 1.19 bits per heavy atom. The van der Waals surface area contributed by atoms with E-state index in [0.29, 0.717) is 16.5 Å². The van der Waals surface area contributed by atoms with Crippen molar-refractivity contribution in [3.05, 3.63) is 16.0 Å². The number of hydrogen-bond donors (Lipinski definition) is 2. The molecule has 27 heavy (non-hydrogen) atoms. The molecule has 0 aliphatic heterocycles. The van der Waals surface area contributed by atoms with Crippen LogP contribution in [0.2, 0.25) is 0 Å². The van der Waals surface area contributed by atoms with E-state index < -0.39 is 5.41 Å². The maximum atomic E-state index is 12.4. The molecular weight excluding hydrogens is 380 g/mol. The number of carbonyl (C=O) groups excluding carboxylic acids is 2. The van der Waals surface area contributed by atoms with Gasteiger partial charge in [0, 0.05) is 10.3 Å². The van der Waals surface area contributed by atoms with E-state index in [9.17, 15) is 9.59 Å². The maximum absolute atomic E-state index is 12.4. The predicted molar refractivity (Wildman–Crippen MR) is 114 cm³/mol. The molecule has 1 heterocycles. The van der Waals surface area contributed by atoms with Crippen molar-refractivity contribution in [3.8, 4) is 0 Å². The number of carbonyl (C=O) groups is 2. The van der Waals surface area contributed by atoms with Crippen LogP contribution in [0.3, 0.4) is 0 Å². The number of hydrogen-bond acceptors (Lipinski definition) is 5. The average molecular weight is 411 g/mol. The van der Waals surface area contributed by atoms with Crippen LogP contribution in [-0.2, 0) is 22.4 Å². The third-order valence-electron chi connectivity index (χ3n) is 5.01. The van der Waals surface area contributed by atoms with E-state index in [2.05, 4.69) is 31.4 Å². The lowest BCUT2D eigenvalue weighted by molar-refractivity contribution is -0.126. The molecule has 1 aromatic heterocycles. The second kappa shape index (κ2) is 7.87. The number of fused-ring (bicyclic) bond motifs is 1. The number of methoxy groups -OCH3 is 1. The fourth-order valence-corrected chi connectivity index (χ4v) is 4.74. The van der Waals surface area contributed by atoms with Crippen LogP contribution in [0, 0.1) is 16.7 Å². The number of esters is 1. The van der Waals surface area contributed by atoms with E-state index in [0.717, 1.165) is 24.8 Å². The average Bonchev–Trinajstić information content (AvgIpc) is 2.88. The highest BCUT2D eigenvalue weighted by Crippen LogP contribution is 2.44. The fraction of sp³-hybridized carbons (Fsp3) is 0.650. The first-order chi connectivity index (χ1) is 12.3. The molecule has 2 N–H and O–H groups in total. The summed E-state index contributed by atoms with van der Waals surface area (Å²) in [5.74, 6) is 0.0254. The van der Waals surface area contributed by atoms with Gasteiger partial charge in [0.15, 0.2) is 5.11 Å². The number of amides is 1. The molecule has 2 rings (SSSR count). The third-order valence-corrected chi connectivity index (χ3v) is 6.39. The van der Waals surface area contributed by atoms with E-state index in [-0.39, 0.29) is 22.4 Å². The van der Waals surface area contributed by atoms with Crippen LogP contribution in [0.5, 0.6) is 0 Å². The van der Waals surface area contributed by atoms with Crippen molar-refractivity contribution in [2.45, 2.75) is 60.8 Å². The summed E-state index contributed by atoms with van der Waals surface area (Å²) in [7, 11) is 1.39. The van der Waals surface area contributed by atoms with Crippen LogP contribution >= 0.6 is 23.6 Å². The molecule has 1 atom stereocenters. The monoisotopic (exact) mass is 410 g/mol. The minimum atomic E-state index is -0.550. The molecule has 0 fully saturated rings. The molecule has 0 spiro atoms. The lowest BCUT2D eigenvalue weighted by Gasteiger charge is -2.33. The van der Waals surface area contributed by atoms with Crippen molar-refractivity contribution in [3.63, 3.8) is 0 Å². The zero-order valence-electron chi connectivity index (χ0n) is 17.2. The van der Waals surface area contributed by atoms with Gasteiger partial charge >= 0.3 is 5.97 Å². The molecule has 0 saturated heterocycles. The van der Waals surface area contributed by atoms with Gasteiger partial charge in [-0.25, -0.2) is 4.79 Å². The number of nitrogens with one attached hydrogen (secondary N) is 2. The SMILES string of the molecule is COC(=O)c1c(NC(=S)NC(=O)C(C)(C)C)sc2c1CCC(C(C)(C)C)C2. The predicted octanol–water partition coefficient (Wildman–Crippen LogP) is 4.54. The smallest absolute Gasteiger partial charge is 0.341 e. The van der Waals surface area contributed by atoms with Crippen LogP contribution in [0.4, 0.5) is 5.00 Å². The summed E-state index contributed by atoms with van der Waals surface area (Å²) in [5.41, 5.74) is 1.28.